The third kappa shape index (κ3) is 25.9. The minimum absolute atomic E-state index is 0. The van der Waals surface area contributed by atoms with Gasteiger partial charge in [0.15, 0.2) is 6.10 Å². The van der Waals surface area contributed by atoms with E-state index in [0.717, 1.165) is 19.3 Å². The number of carbonyl (C=O) groups excluding carboxylic acids is 1. The summed E-state index contributed by atoms with van der Waals surface area (Å²) in [6, 6.07) is 0. The van der Waals surface area contributed by atoms with E-state index < -0.39 is 47.3 Å². The third-order valence-electron chi connectivity index (χ3n) is 7.05. The van der Waals surface area contributed by atoms with Crippen LogP contribution in [0.2, 0.25) is 0 Å². The van der Waals surface area contributed by atoms with Gasteiger partial charge in [0.1, 0.15) is 18.3 Å². The zero-order chi connectivity index (χ0) is 29.4. The van der Waals surface area contributed by atoms with Crippen molar-refractivity contribution < 1.29 is 71.9 Å². The first-order chi connectivity index (χ1) is 18.6. The fraction of sp³-hybridized carbons (Fsp3) is 0.964. The summed E-state index contributed by atoms with van der Waals surface area (Å²) in [6.07, 6.45) is 17.2. The number of carbonyl (C=O) groups is 1. The quantitative estimate of drug-likeness (QED) is 0.0374. The van der Waals surface area contributed by atoms with Gasteiger partial charge in [0, 0.05) is 6.54 Å². The number of aliphatic hydroxyl groups excluding tert-OH is 4. The zero-order valence-corrected chi connectivity index (χ0v) is 27.9. The van der Waals surface area contributed by atoms with Gasteiger partial charge in [-0.3, -0.25) is 8.98 Å². The maximum Gasteiger partial charge on any atom is 1.00 e. The van der Waals surface area contributed by atoms with E-state index in [4.69, 9.17) is 0 Å². The van der Waals surface area contributed by atoms with E-state index in [1.54, 1.807) is 0 Å². The molecule has 0 aromatic carbocycles. The van der Waals surface area contributed by atoms with E-state index in [0.29, 0.717) is 6.42 Å². The molecule has 0 heterocycles. The summed E-state index contributed by atoms with van der Waals surface area (Å²) in [5.41, 5.74) is 0. The molecule has 0 rings (SSSR count). The smallest absolute Gasteiger partial charge is 0.726 e. The molecule has 0 saturated heterocycles. The molecule has 4 atom stereocenters. The number of rotatable bonds is 28. The Hall–Kier alpha value is 0.180. The molecular formula is C28H56NNaO9S. The van der Waals surface area contributed by atoms with Gasteiger partial charge >= 0.3 is 29.6 Å². The standard InChI is InChI=1S/C28H57NO9S.Na/c1-2-3-4-5-6-7-8-9-10-11-12-13-14-15-16-17-18-19-20-21-22-29-28(34)27(33)26(32)25(31)24(30)23-38-39(35,36)37;/h24-27,30-33H,2-23H2,1H3,(H,29,34)(H,35,36,37);/q;+1/p-1/t24-,25-,26+,27-;/m1./s1. The van der Waals surface area contributed by atoms with Crippen molar-refractivity contribution in [3.8, 4) is 0 Å². The number of aliphatic hydroxyl groups is 4. The Bertz CT molecular complexity index is 685. The van der Waals surface area contributed by atoms with Gasteiger partial charge in [0.05, 0.1) is 6.61 Å². The van der Waals surface area contributed by atoms with E-state index in [1.807, 2.05) is 0 Å². The van der Waals surface area contributed by atoms with Crippen LogP contribution in [0.25, 0.3) is 0 Å². The van der Waals surface area contributed by atoms with Crippen molar-refractivity contribution in [2.45, 2.75) is 160 Å². The van der Waals surface area contributed by atoms with Gasteiger partial charge in [-0.2, -0.15) is 0 Å². The first-order valence-corrected chi connectivity index (χ1v) is 16.5. The Balaban J connectivity index is 0. The molecule has 0 saturated carbocycles. The molecular weight excluding hydrogens is 549 g/mol. The second-order valence-electron chi connectivity index (χ2n) is 10.7. The van der Waals surface area contributed by atoms with Crippen LogP contribution in [0.3, 0.4) is 0 Å². The molecule has 5 N–H and O–H groups in total. The van der Waals surface area contributed by atoms with Crippen LogP contribution in [0, 0.1) is 0 Å². The Labute approximate surface area is 265 Å². The maximum absolute atomic E-state index is 11.9. The molecule has 234 valence electrons. The molecule has 12 heteroatoms. The van der Waals surface area contributed by atoms with Crippen LogP contribution in [-0.4, -0.2) is 76.9 Å². The van der Waals surface area contributed by atoms with Crippen molar-refractivity contribution in [2.24, 2.45) is 0 Å². The van der Waals surface area contributed by atoms with Crippen LogP contribution < -0.4 is 34.9 Å². The fourth-order valence-corrected chi connectivity index (χ4v) is 4.82. The van der Waals surface area contributed by atoms with Crippen molar-refractivity contribution in [1.29, 1.82) is 0 Å². The van der Waals surface area contributed by atoms with Crippen LogP contribution in [-0.2, 0) is 19.4 Å². The second-order valence-corrected chi connectivity index (χ2v) is 11.7. The second kappa shape index (κ2) is 28.0. The van der Waals surface area contributed by atoms with Crippen LogP contribution in [0.4, 0.5) is 0 Å². The fourth-order valence-electron chi connectivity index (χ4n) is 4.52. The summed E-state index contributed by atoms with van der Waals surface area (Å²) in [4.78, 5) is 11.9. The van der Waals surface area contributed by atoms with Crippen LogP contribution in [0.1, 0.15) is 135 Å². The molecule has 0 aromatic heterocycles. The number of hydrogen-bond acceptors (Lipinski definition) is 9. The third-order valence-corrected chi connectivity index (χ3v) is 7.47. The summed E-state index contributed by atoms with van der Waals surface area (Å²) in [5.74, 6) is -0.927. The van der Waals surface area contributed by atoms with Gasteiger partial charge in [-0.25, -0.2) is 8.42 Å². The van der Waals surface area contributed by atoms with E-state index >= 15 is 0 Å². The Morgan fingerprint density at radius 1 is 0.675 bits per heavy atom. The summed E-state index contributed by atoms with van der Waals surface area (Å²) in [6.45, 7) is 1.44. The Kier molecular flexibility index (Phi) is 29.6. The largest absolute Gasteiger partial charge is 1.00 e. The molecule has 0 aromatic rings. The summed E-state index contributed by atoms with van der Waals surface area (Å²) >= 11 is 0. The van der Waals surface area contributed by atoms with E-state index in [1.165, 1.54) is 103 Å². The van der Waals surface area contributed by atoms with Crippen molar-refractivity contribution in [3.05, 3.63) is 0 Å². The summed E-state index contributed by atoms with van der Waals surface area (Å²) in [5, 5.41) is 41.4. The van der Waals surface area contributed by atoms with Gasteiger partial charge < -0.3 is 30.3 Å². The molecule has 1 amide bonds. The van der Waals surface area contributed by atoms with E-state index in [2.05, 4.69) is 16.4 Å². The topological polar surface area (TPSA) is 176 Å². The number of amides is 1. The van der Waals surface area contributed by atoms with E-state index in [-0.39, 0.29) is 36.1 Å². The molecule has 0 aliphatic carbocycles. The van der Waals surface area contributed by atoms with Gasteiger partial charge in [-0.15, -0.1) is 0 Å². The van der Waals surface area contributed by atoms with Gasteiger partial charge in [0.2, 0.25) is 10.4 Å². The van der Waals surface area contributed by atoms with Crippen molar-refractivity contribution in [1.82, 2.24) is 5.32 Å². The SMILES string of the molecule is CCCCCCCCCCCCCCCCCCCCCCNC(=O)[C@H](O)[C@@H](O)[C@H](O)[C@H](O)COS(=O)(=O)[O-].[Na+]. The Morgan fingerprint density at radius 2 is 1.02 bits per heavy atom. The average Bonchev–Trinajstić information content (AvgIpc) is 2.90. The minimum atomic E-state index is -5.10. The average molecular weight is 606 g/mol. The Morgan fingerprint density at radius 3 is 1.38 bits per heavy atom. The van der Waals surface area contributed by atoms with Crippen LogP contribution in [0.15, 0.2) is 0 Å². The maximum atomic E-state index is 11.9. The molecule has 10 nitrogen and oxygen atoms in total. The minimum Gasteiger partial charge on any atom is -0.726 e. The predicted octanol–water partition coefficient (Wildman–Crippen LogP) is 0.849. The number of unbranched alkanes of at least 4 members (excludes halogenated alkanes) is 19. The van der Waals surface area contributed by atoms with Gasteiger partial charge in [0.25, 0.3) is 5.91 Å². The molecule has 0 bridgehead atoms. The molecule has 0 fully saturated rings. The molecule has 0 radical (unpaired) electrons. The van der Waals surface area contributed by atoms with Crippen molar-refractivity contribution in [2.75, 3.05) is 13.2 Å². The monoisotopic (exact) mass is 605 g/mol. The molecule has 0 aliphatic heterocycles. The normalized spacial score (nSPS) is 14.8. The zero-order valence-electron chi connectivity index (χ0n) is 25.1. The molecule has 0 aliphatic rings. The van der Waals surface area contributed by atoms with Crippen LogP contribution in [0.5, 0.6) is 0 Å². The first kappa shape index (κ1) is 42.3. The number of hydrogen-bond donors (Lipinski definition) is 5. The van der Waals surface area contributed by atoms with E-state index in [9.17, 15) is 38.2 Å². The number of nitrogens with one attached hydrogen (secondary N) is 1. The van der Waals surface area contributed by atoms with Crippen molar-refractivity contribution in [3.63, 3.8) is 0 Å². The molecule has 40 heavy (non-hydrogen) atoms. The van der Waals surface area contributed by atoms with Gasteiger partial charge in [-0.1, -0.05) is 129 Å². The summed E-state index contributed by atoms with van der Waals surface area (Å²) in [7, 11) is -5.10. The molecule has 0 unspecified atom stereocenters. The van der Waals surface area contributed by atoms with Crippen molar-refractivity contribution >= 4 is 16.3 Å². The van der Waals surface area contributed by atoms with Crippen LogP contribution >= 0.6 is 0 Å². The predicted molar refractivity (Wildman–Crippen MR) is 151 cm³/mol. The molecule has 0 spiro atoms. The van der Waals surface area contributed by atoms with Gasteiger partial charge in [-0.05, 0) is 6.42 Å². The first-order valence-electron chi connectivity index (χ1n) is 15.2. The summed E-state index contributed by atoms with van der Waals surface area (Å²) < 4.78 is 34.9.